The fraction of sp³-hybridized carbons (Fsp3) is 0.412. The number of hydrogen-bond donors (Lipinski definition) is 0. The predicted molar refractivity (Wildman–Crippen MR) is 94.3 cm³/mol. The van der Waals surface area contributed by atoms with Crippen LogP contribution in [0, 0.1) is 13.8 Å². The molecule has 1 heterocycles. The molecule has 0 fully saturated rings. The highest BCUT2D eigenvalue weighted by Gasteiger charge is 2.21. The standard InChI is InChI=1S/C17H21ClN2O2S/c1-11-17(23-13(3)19-11)12(2)20(4)16(21)8-9-22-15-7-5-6-14(18)10-15/h5-7,10,12H,8-9H2,1-4H3. The molecule has 0 aliphatic carbocycles. The molecule has 2 rings (SSSR count). The number of halogens is 1. The van der Waals surface area contributed by atoms with Crippen LogP contribution < -0.4 is 4.74 Å². The average Bonchev–Trinajstić information content (AvgIpc) is 2.84. The van der Waals surface area contributed by atoms with E-state index in [1.165, 1.54) is 0 Å². The highest BCUT2D eigenvalue weighted by atomic mass is 35.5. The van der Waals surface area contributed by atoms with E-state index in [1.807, 2.05) is 40.0 Å². The molecule has 0 bridgehead atoms. The molecule has 0 aliphatic heterocycles. The second-order valence-corrected chi connectivity index (χ2v) is 7.09. The highest BCUT2D eigenvalue weighted by Crippen LogP contribution is 2.28. The summed E-state index contributed by atoms with van der Waals surface area (Å²) in [6.45, 7) is 6.32. The van der Waals surface area contributed by atoms with Crippen LogP contribution in [0.15, 0.2) is 24.3 Å². The number of nitrogens with zero attached hydrogens (tertiary/aromatic N) is 2. The zero-order chi connectivity index (χ0) is 17.0. The van der Waals surface area contributed by atoms with Crippen LogP contribution >= 0.6 is 22.9 Å². The van der Waals surface area contributed by atoms with E-state index in [4.69, 9.17) is 16.3 Å². The van der Waals surface area contributed by atoms with Crippen LogP contribution in [0.5, 0.6) is 5.75 Å². The molecule has 1 aromatic heterocycles. The number of rotatable bonds is 6. The molecule has 0 N–H and O–H groups in total. The average molecular weight is 353 g/mol. The largest absolute Gasteiger partial charge is 0.493 e. The van der Waals surface area contributed by atoms with Gasteiger partial charge in [0.25, 0.3) is 0 Å². The van der Waals surface area contributed by atoms with Crippen molar-refractivity contribution < 1.29 is 9.53 Å². The lowest BCUT2D eigenvalue weighted by molar-refractivity contribution is -0.132. The van der Waals surface area contributed by atoms with Crippen LogP contribution in [-0.2, 0) is 4.79 Å². The molecule has 23 heavy (non-hydrogen) atoms. The molecule has 2 aromatic rings. The quantitative estimate of drug-likeness (QED) is 0.773. The van der Waals surface area contributed by atoms with Gasteiger partial charge in [0.05, 0.1) is 29.8 Å². The van der Waals surface area contributed by atoms with Gasteiger partial charge in [-0.05, 0) is 39.0 Å². The predicted octanol–water partition coefficient (Wildman–Crippen LogP) is 4.40. The SMILES string of the molecule is Cc1nc(C)c(C(C)N(C)C(=O)CCOc2cccc(Cl)c2)s1. The van der Waals surface area contributed by atoms with Gasteiger partial charge in [-0.1, -0.05) is 17.7 Å². The van der Waals surface area contributed by atoms with Gasteiger partial charge in [-0.3, -0.25) is 4.79 Å². The molecule has 0 spiro atoms. The monoisotopic (exact) mass is 352 g/mol. The Hall–Kier alpha value is -1.59. The second kappa shape index (κ2) is 7.79. The number of hydrogen-bond acceptors (Lipinski definition) is 4. The Labute approximate surface area is 146 Å². The van der Waals surface area contributed by atoms with Crippen LogP contribution in [0.3, 0.4) is 0 Å². The summed E-state index contributed by atoms with van der Waals surface area (Å²) < 4.78 is 5.58. The smallest absolute Gasteiger partial charge is 0.226 e. The minimum Gasteiger partial charge on any atom is -0.493 e. The number of carbonyl (C=O) groups excluding carboxylic acids is 1. The van der Waals surface area contributed by atoms with Gasteiger partial charge in [-0.2, -0.15) is 0 Å². The van der Waals surface area contributed by atoms with Gasteiger partial charge in [-0.15, -0.1) is 11.3 Å². The maximum absolute atomic E-state index is 12.3. The number of thiazole rings is 1. The third kappa shape index (κ3) is 4.69. The lowest BCUT2D eigenvalue weighted by atomic mass is 10.2. The van der Waals surface area contributed by atoms with Crippen molar-refractivity contribution in [2.24, 2.45) is 0 Å². The first kappa shape index (κ1) is 17.8. The molecule has 0 saturated carbocycles. The van der Waals surface area contributed by atoms with E-state index in [2.05, 4.69) is 4.98 Å². The zero-order valence-corrected chi connectivity index (χ0v) is 15.4. The minimum absolute atomic E-state index is 0.0138. The Bertz CT molecular complexity index is 687. The normalized spacial score (nSPS) is 12.0. The molecule has 0 radical (unpaired) electrons. The first-order valence-corrected chi connectivity index (χ1v) is 8.66. The number of amides is 1. The van der Waals surface area contributed by atoms with Crippen LogP contribution in [0.1, 0.15) is 35.0 Å². The van der Waals surface area contributed by atoms with Crippen molar-refractivity contribution in [2.45, 2.75) is 33.2 Å². The molecule has 1 unspecified atom stereocenters. The minimum atomic E-state index is 0.0138. The summed E-state index contributed by atoms with van der Waals surface area (Å²) in [4.78, 5) is 19.6. The van der Waals surface area contributed by atoms with E-state index in [1.54, 1.807) is 28.4 Å². The molecular weight excluding hydrogens is 332 g/mol. The van der Waals surface area contributed by atoms with Gasteiger partial charge < -0.3 is 9.64 Å². The first-order chi connectivity index (χ1) is 10.9. The Morgan fingerprint density at radius 3 is 2.78 bits per heavy atom. The summed E-state index contributed by atoms with van der Waals surface area (Å²) in [5.74, 6) is 0.722. The summed E-state index contributed by atoms with van der Waals surface area (Å²) >= 11 is 7.54. The van der Waals surface area contributed by atoms with Gasteiger partial charge in [0.1, 0.15) is 5.75 Å². The molecule has 4 nitrogen and oxygen atoms in total. The summed E-state index contributed by atoms with van der Waals surface area (Å²) in [7, 11) is 1.82. The maximum Gasteiger partial charge on any atom is 0.226 e. The summed E-state index contributed by atoms with van der Waals surface area (Å²) in [5.41, 5.74) is 0.995. The lowest BCUT2D eigenvalue weighted by Gasteiger charge is -2.24. The number of aryl methyl sites for hydroxylation is 2. The van der Waals surface area contributed by atoms with Crippen LogP contribution in [0.2, 0.25) is 5.02 Å². The number of carbonyl (C=O) groups is 1. The molecule has 0 aliphatic rings. The van der Waals surface area contributed by atoms with E-state index in [0.29, 0.717) is 23.8 Å². The van der Waals surface area contributed by atoms with Crippen molar-refractivity contribution in [3.05, 3.63) is 44.9 Å². The van der Waals surface area contributed by atoms with Crippen LogP contribution in [-0.4, -0.2) is 29.4 Å². The fourth-order valence-corrected chi connectivity index (χ4v) is 3.52. The number of benzene rings is 1. The number of aromatic nitrogens is 1. The van der Waals surface area contributed by atoms with Gasteiger partial charge in [-0.25, -0.2) is 4.98 Å². The lowest BCUT2D eigenvalue weighted by Crippen LogP contribution is -2.30. The second-order valence-electron chi connectivity index (χ2n) is 5.42. The summed E-state index contributed by atoms with van der Waals surface area (Å²) in [6, 6.07) is 7.19. The molecular formula is C17H21ClN2O2S. The summed E-state index contributed by atoms with van der Waals surface area (Å²) in [5, 5.41) is 1.64. The van der Waals surface area contributed by atoms with Crippen LogP contribution in [0.4, 0.5) is 0 Å². The molecule has 1 atom stereocenters. The summed E-state index contributed by atoms with van der Waals surface area (Å²) in [6.07, 6.45) is 0.324. The van der Waals surface area contributed by atoms with Crippen molar-refractivity contribution in [3.8, 4) is 5.75 Å². The Morgan fingerprint density at radius 1 is 1.43 bits per heavy atom. The Morgan fingerprint density at radius 2 is 2.17 bits per heavy atom. The van der Waals surface area contributed by atoms with Gasteiger partial charge >= 0.3 is 0 Å². The van der Waals surface area contributed by atoms with Crippen molar-refractivity contribution in [1.82, 2.24) is 9.88 Å². The molecule has 6 heteroatoms. The van der Waals surface area contributed by atoms with Gasteiger partial charge in [0, 0.05) is 16.9 Å². The van der Waals surface area contributed by atoms with Crippen molar-refractivity contribution in [3.63, 3.8) is 0 Å². The van der Waals surface area contributed by atoms with Crippen LogP contribution in [0.25, 0.3) is 0 Å². The Balaban J connectivity index is 1.88. The molecule has 1 amide bonds. The first-order valence-electron chi connectivity index (χ1n) is 7.46. The van der Waals surface area contributed by atoms with Crippen molar-refractivity contribution >= 4 is 28.8 Å². The maximum atomic E-state index is 12.3. The fourth-order valence-electron chi connectivity index (χ4n) is 2.32. The topological polar surface area (TPSA) is 42.4 Å². The van der Waals surface area contributed by atoms with E-state index in [-0.39, 0.29) is 11.9 Å². The zero-order valence-electron chi connectivity index (χ0n) is 13.8. The molecule has 1 aromatic carbocycles. The Kier molecular flexibility index (Phi) is 6.02. The van der Waals surface area contributed by atoms with E-state index < -0.39 is 0 Å². The van der Waals surface area contributed by atoms with E-state index in [0.717, 1.165) is 15.6 Å². The van der Waals surface area contributed by atoms with E-state index >= 15 is 0 Å². The van der Waals surface area contributed by atoms with Gasteiger partial charge in [0.2, 0.25) is 5.91 Å². The van der Waals surface area contributed by atoms with Crippen molar-refractivity contribution in [1.29, 1.82) is 0 Å². The molecule has 124 valence electrons. The van der Waals surface area contributed by atoms with E-state index in [9.17, 15) is 4.79 Å². The molecule has 0 saturated heterocycles. The number of ether oxygens (including phenoxy) is 1. The van der Waals surface area contributed by atoms with Gasteiger partial charge in [0.15, 0.2) is 0 Å². The third-order valence-electron chi connectivity index (χ3n) is 3.67. The third-order valence-corrected chi connectivity index (χ3v) is 5.15. The highest BCUT2D eigenvalue weighted by molar-refractivity contribution is 7.11. The van der Waals surface area contributed by atoms with Crippen molar-refractivity contribution in [2.75, 3.05) is 13.7 Å².